The highest BCUT2D eigenvalue weighted by Crippen LogP contribution is 2.38. The van der Waals surface area contributed by atoms with Crippen LogP contribution >= 0.6 is 0 Å². The van der Waals surface area contributed by atoms with Crippen LogP contribution in [0.4, 0.5) is 4.79 Å². The lowest BCUT2D eigenvalue weighted by Gasteiger charge is -2.37. The van der Waals surface area contributed by atoms with Crippen molar-refractivity contribution in [2.75, 3.05) is 13.2 Å². The number of amides is 3. The normalized spacial score (nSPS) is 27.3. The summed E-state index contributed by atoms with van der Waals surface area (Å²) in [5.41, 5.74) is 4.50. The molecule has 0 aromatic heterocycles. The van der Waals surface area contributed by atoms with E-state index in [-0.39, 0.29) is 24.1 Å². The first-order valence-corrected chi connectivity index (χ1v) is 14.9. The summed E-state index contributed by atoms with van der Waals surface area (Å²) < 4.78 is 5.80. The second-order valence-corrected chi connectivity index (χ2v) is 12.0. The number of phenolic OH excluding ortho intramolecular Hbond substituents is 1. The van der Waals surface area contributed by atoms with Gasteiger partial charge in [0, 0.05) is 18.5 Å². The number of ether oxygens (including phenoxy) is 1. The highest BCUT2D eigenvalue weighted by Gasteiger charge is 2.39. The third-order valence-corrected chi connectivity index (χ3v) is 9.02. The van der Waals surface area contributed by atoms with Gasteiger partial charge in [-0.3, -0.25) is 9.69 Å². The molecular formula is C32H42N2O7. The van der Waals surface area contributed by atoms with E-state index in [2.05, 4.69) is 5.32 Å². The number of aliphatic hydroxyl groups excluding tert-OH is 3. The number of aromatic hydroxyl groups is 1. The number of benzene rings is 2. The number of aliphatic hydroxyl groups is 3. The fraction of sp³-hybridized carbons (Fsp3) is 0.562. The lowest BCUT2D eigenvalue weighted by atomic mass is 9.85. The number of aryl methyl sites for hydroxylation is 1. The molecule has 1 saturated carbocycles. The zero-order valence-corrected chi connectivity index (χ0v) is 23.7. The first kappa shape index (κ1) is 29.5. The standard InChI is InChI=1S/C32H42N2O7/c1-19-13-26(36)24(28-17-27(37)30(38)29(18-35)41-28)16-23(19)14-22-9-7-20(8-10-22)11-12-34-31(39)25(33-32(34)40)15-21-5-3-2-4-6-21/h7-10,13,16,21,25,27-30,35-38H,2-6,11-12,14-15,17-18H2,1H3,(H,33,40)/t25-,27+,28+,29?,30-/m0/s1. The van der Waals surface area contributed by atoms with Crippen molar-refractivity contribution in [2.45, 2.75) is 95.2 Å². The van der Waals surface area contributed by atoms with Crippen LogP contribution in [0.25, 0.3) is 0 Å². The molecule has 2 aromatic carbocycles. The van der Waals surface area contributed by atoms with E-state index in [0.717, 1.165) is 41.5 Å². The van der Waals surface area contributed by atoms with Gasteiger partial charge in [0.25, 0.3) is 5.91 Å². The van der Waals surface area contributed by atoms with Crippen molar-refractivity contribution in [3.63, 3.8) is 0 Å². The second kappa shape index (κ2) is 12.9. The summed E-state index contributed by atoms with van der Waals surface area (Å²) in [6.07, 6.45) is 4.19. The molecule has 1 unspecified atom stereocenters. The molecule has 2 aliphatic heterocycles. The third-order valence-electron chi connectivity index (χ3n) is 9.02. The number of phenols is 1. The van der Waals surface area contributed by atoms with Crippen LogP contribution in [0.5, 0.6) is 5.75 Å². The van der Waals surface area contributed by atoms with Gasteiger partial charge in [-0.1, -0.05) is 56.4 Å². The second-order valence-electron chi connectivity index (χ2n) is 12.0. The number of nitrogens with zero attached hydrogens (tertiary/aromatic N) is 1. The largest absolute Gasteiger partial charge is 0.508 e. The van der Waals surface area contributed by atoms with E-state index in [4.69, 9.17) is 4.74 Å². The van der Waals surface area contributed by atoms with Crippen molar-refractivity contribution in [3.8, 4) is 5.75 Å². The van der Waals surface area contributed by atoms with Crippen LogP contribution in [0.15, 0.2) is 36.4 Å². The van der Waals surface area contributed by atoms with Crippen molar-refractivity contribution in [3.05, 3.63) is 64.2 Å². The summed E-state index contributed by atoms with van der Waals surface area (Å²) in [5, 5.41) is 43.3. The Morgan fingerprint density at radius 1 is 1.02 bits per heavy atom. The van der Waals surface area contributed by atoms with E-state index in [9.17, 15) is 30.0 Å². The molecule has 0 bridgehead atoms. The molecule has 0 radical (unpaired) electrons. The van der Waals surface area contributed by atoms with E-state index in [1.807, 2.05) is 37.3 Å². The molecule has 0 spiro atoms. The van der Waals surface area contributed by atoms with Crippen LogP contribution in [-0.4, -0.2) is 74.8 Å². The zero-order chi connectivity index (χ0) is 29.1. The lowest BCUT2D eigenvalue weighted by molar-refractivity contribution is -0.181. The van der Waals surface area contributed by atoms with Crippen molar-refractivity contribution >= 4 is 11.9 Å². The third kappa shape index (κ3) is 6.75. The number of nitrogens with one attached hydrogen (secondary N) is 1. The van der Waals surface area contributed by atoms with Crippen molar-refractivity contribution in [1.29, 1.82) is 0 Å². The SMILES string of the molecule is Cc1cc(O)c([C@H]2C[C@@H](O)[C@H](O)C(CO)O2)cc1Cc1ccc(CCN2C(=O)N[C@@H](CC3CCCCC3)C2=O)cc1. The molecule has 5 atom stereocenters. The molecule has 9 heteroatoms. The maximum atomic E-state index is 12.9. The van der Waals surface area contributed by atoms with Gasteiger partial charge in [-0.2, -0.15) is 0 Å². The Bertz CT molecular complexity index is 1230. The predicted molar refractivity (Wildman–Crippen MR) is 152 cm³/mol. The Morgan fingerprint density at radius 3 is 2.44 bits per heavy atom. The number of carbonyl (C=O) groups excluding carboxylic acids is 2. The molecule has 9 nitrogen and oxygen atoms in total. The molecule has 41 heavy (non-hydrogen) atoms. The molecule has 3 fully saturated rings. The van der Waals surface area contributed by atoms with E-state index in [1.165, 1.54) is 24.2 Å². The molecule has 2 aromatic rings. The van der Waals surface area contributed by atoms with E-state index < -0.39 is 37.1 Å². The summed E-state index contributed by atoms with van der Waals surface area (Å²) in [6.45, 7) is 1.84. The van der Waals surface area contributed by atoms with Gasteiger partial charge in [0.15, 0.2) is 0 Å². The highest BCUT2D eigenvalue weighted by atomic mass is 16.5. The number of imide groups is 1. The van der Waals surface area contributed by atoms with Gasteiger partial charge in [0.05, 0.1) is 18.8 Å². The Hall–Kier alpha value is -2.98. The number of rotatable bonds is 9. The Morgan fingerprint density at radius 2 is 1.73 bits per heavy atom. The van der Waals surface area contributed by atoms with Gasteiger partial charge < -0.3 is 30.5 Å². The number of hydrogen-bond donors (Lipinski definition) is 5. The fourth-order valence-corrected chi connectivity index (χ4v) is 6.50. The summed E-state index contributed by atoms with van der Waals surface area (Å²) in [7, 11) is 0. The molecule has 1 aliphatic carbocycles. The van der Waals surface area contributed by atoms with Crippen LogP contribution in [0.2, 0.25) is 0 Å². The summed E-state index contributed by atoms with van der Waals surface area (Å²) in [6, 6.07) is 10.9. The minimum Gasteiger partial charge on any atom is -0.508 e. The number of urea groups is 1. The maximum Gasteiger partial charge on any atom is 0.324 e. The summed E-state index contributed by atoms with van der Waals surface area (Å²) in [4.78, 5) is 26.8. The predicted octanol–water partition coefficient (Wildman–Crippen LogP) is 3.27. The van der Waals surface area contributed by atoms with Gasteiger partial charge >= 0.3 is 6.03 Å². The number of hydrogen-bond acceptors (Lipinski definition) is 7. The Kier molecular flexibility index (Phi) is 9.28. The molecule has 5 N–H and O–H groups in total. The molecule has 3 amide bonds. The monoisotopic (exact) mass is 566 g/mol. The zero-order valence-electron chi connectivity index (χ0n) is 23.7. The first-order valence-electron chi connectivity index (χ1n) is 14.9. The molecule has 222 valence electrons. The number of carbonyl (C=O) groups is 2. The van der Waals surface area contributed by atoms with Gasteiger partial charge in [0.2, 0.25) is 0 Å². The van der Waals surface area contributed by atoms with Gasteiger partial charge in [-0.05, 0) is 66.5 Å². The van der Waals surface area contributed by atoms with Crippen molar-refractivity contribution < 1.29 is 34.8 Å². The van der Waals surface area contributed by atoms with Gasteiger partial charge in [-0.15, -0.1) is 0 Å². The average molecular weight is 567 g/mol. The van der Waals surface area contributed by atoms with Gasteiger partial charge in [0.1, 0.15) is 24.0 Å². The summed E-state index contributed by atoms with van der Waals surface area (Å²) in [5.74, 6) is 0.462. The lowest BCUT2D eigenvalue weighted by Crippen LogP contribution is -2.47. The molecule has 3 aliphatic rings. The van der Waals surface area contributed by atoms with E-state index in [0.29, 0.717) is 30.9 Å². The summed E-state index contributed by atoms with van der Waals surface area (Å²) >= 11 is 0. The Labute approximate surface area is 241 Å². The van der Waals surface area contributed by atoms with Gasteiger partial charge in [-0.25, -0.2) is 4.79 Å². The first-order chi connectivity index (χ1) is 19.7. The fourth-order valence-electron chi connectivity index (χ4n) is 6.50. The topological polar surface area (TPSA) is 140 Å². The van der Waals surface area contributed by atoms with Crippen LogP contribution in [-0.2, 0) is 22.4 Å². The van der Waals surface area contributed by atoms with E-state index in [1.54, 1.807) is 6.07 Å². The van der Waals surface area contributed by atoms with Crippen molar-refractivity contribution in [1.82, 2.24) is 10.2 Å². The van der Waals surface area contributed by atoms with Crippen LogP contribution in [0.3, 0.4) is 0 Å². The minimum absolute atomic E-state index is 0.0494. The smallest absolute Gasteiger partial charge is 0.324 e. The van der Waals surface area contributed by atoms with Crippen LogP contribution in [0, 0.1) is 12.8 Å². The van der Waals surface area contributed by atoms with Crippen LogP contribution < -0.4 is 5.32 Å². The molecular weight excluding hydrogens is 524 g/mol. The minimum atomic E-state index is -1.18. The maximum absolute atomic E-state index is 12.9. The van der Waals surface area contributed by atoms with E-state index >= 15 is 0 Å². The average Bonchev–Trinajstić information content (AvgIpc) is 3.23. The molecule has 2 saturated heterocycles. The van der Waals surface area contributed by atoms with Crippen molar-refractivity contribution in [2.24, 2.45) is 5.92 Å². The van der Waals surface area contributed by atoms with Crippen LogP contribution in [0.1, 0.15) is 78.9 Å². The quantitative estimate of drug-likeness (QED) is 0.294. The highest BCUT2D eigenvalue weighted by molar-refractivity contribution is 6.04. The Balaban J connectivity index is 1.19. The molecule has 2 heterocycles. The molecule has 5 rings (SSSR count).